The Labute approximate surface area is 130 Å². The van der Waals surface area contributed by atoms with E-state index in [4.69, 9.17) is 4.42 Å². The van der Waals surface area contributed by atoms with Crippen molar-refractivity contribution in [1.82, 2.24) is 10.2 Å². The zero-order valence-electron chi connectivity index (χ0n) is 13.6. The van der Waals surface area contributed by atoms with E-state index in [1.165, 1.54) is 26.4 Å². The van der Waals surface area contributed by atoms with Crippen LogP contribution in [0.4, 0.5) is 0 Å². The first-order valence-electron chi connectivity index (χ1n) is 8.24. The van der Waals surface area contributed by atoms with E-state index >= 15 is 0 Å². The highest BCUT2D eigenvalue weighted by Gasteiger charge is 2.62. The molecular formula is C17H24N2O3. The number of rotatable bonds is 3. The maximum Gasteiger partial charge on any atom is 0.315 e. The Hall–Kier alpha value is -1.39. The summed E-state index contributed by atoms with van der Waals surface area (Å²) in [5, 5.41) is 8.42. The maximum atomic E-state index is 11.4. The number of hydrogen-bond acceptors (Lipinski definition) is 5. The van der Waals surface area contributed by atoms with Crippen molar-refractivity contribution in [2.45, 2.75) is 64.2 Å². The highest BCUT2D eigenvalue weighted by Crippen LogP contribution is 2.69. The van der Waals surface area contributed by atoms with Crippen molar-refractivity contribution in [3.8, 4) is 0 Å². The van der Waals surface area contributed by atoms with E-state index in [9.17, 15) is 4.79 Å². The number of aromatic nitrogens is 2. The van der Waals surface area contributed by atoms with Crippen molar-refractivity contribution in [2.75, 3.05) is 7.11 Å². The van der Waals surface area contributed by atoms with Crippen LogP contribution < -0.4 is 0 Å². The molecule has 1 aromatic heterocycles. The first-order chi connectivity index (χ1) is 10.3. The van der Waals surface area contributed by atoms with Crippen LogP contribution >= 0.6 is 0 Å². The van der Waals surface area contributed by atoms with Gasteiger partial charge in [0.15, 0.2) is 0 Å². The zero-order chi connectivity index (χ0) is 15.6. The highest BCUT2D eigenvalue weighted by atomic mass is 16.5. The van der Waals surface area contributed by atoms with Crippen LogP contribution in [0.5, 0.6) is 0 Å². The zero-order valence-corrected chi connectivity index (χ0v) is 13.6. The molecule has 2 atom stereocenters. The van der Waals surface area contributed by atoms with Gasteiger partial charge in [-0.1, -0.05) is 13.8 Å². The van der Waals surface area contributed by atoms with Crippen molar-refractivity contribution in [1.29, 1.82) is 0 Å². The summed E-state index contributed by atoms with van der Waals surface area (Å²) in [4.78, 5) is 11.4. The van der Waals surface area contributed by atoms with E-state index in [-0.39, 0.29) is 17.8 Å². The van der Waals surface area contributed by atoms with Crippen LogP contribution in [0.3, 0.4) is 0 Å². The van der Waals surface area contributed by atoms with Crippen molar-refractivity contribution in [3.05, 3.63) is 11.8 Å². The molecule has 0 radical (unpaired) electrons. The summed E-state index contributed by atoms with van der Waals surface area (Å²) in [6.07, 6.45) is 7.52. The molecule has 4 bridgehead atoms. The lowest BCUT2D eigenvalue weighted by Crippen LogP contribution is -2.57. The first-order valence-corrected chi connectivity index (χ1v) is 8.24. The number of methoxy groups -OCH3 is 1. The van der Waals surface area contributed by atoms with Crippen LogP contribution in [0.25, 0.3) is 0 Å². The lowest BCUT2D eigenvalue weighted by molar-refractivity contribution is -0.140. The van der Waals surface area contributed by atoms with E-state index in [0.29, 0.717) is 16.7 Å². The number of nitrogens with zero attached hydrogens (tertiary/aromatic N) is 2. The van der Waals surface area contributed by atoms with Crippen LogP contribution in [-0.4, -0.2) is 23.3 Å². The second kappa shape index (κ2) is 4.33. The monoisotopic (exact) mass is 304 g/mol. The molecule has 0 spiro atoms. The first kappa shape index (κ1) is 14.2. The third-order valence-electron chi connectivity index (χ3n) is 6.07. The number of carbonyl (C=O) groups excluding carboxylic acids is 1. The van der Waals surface area contributed by atoms with Crippen LogP contribution in [0.15, 0.2) is 4.42 Å². The van der Waals surface area contributed by atoms with Gasteiger partial charge in [-0.3, -0.25) is 4.79 Å². The van der Waals surface area contributed by atoms with Gasteiger partial charge >= 0.3 is 5.97 Å². The summed E-state index contributed by atoms with van der Waals surface area (Å²) >= 11 is 0. The molecule has 0 aliphatic heterocycles. The van der Waals surface area contributed by atoms with E-state index in [0.717, 1.165) is 31.1 Å². The molecule has 4 aliphatic carbocycles. The fraction of sp³-hybridized carbons (Fsp3) is 0.824. The highest BCUT2D eigenvalue weighted by molar-refractivity contribution is 5.70. The van der Waals surface area contributed by atoms with Gasteiger partial charge < -0.3 is 9.15 Å². The van der Waals surface area contributed by atoms with E-state index in [2.05, 4.69) is 28.8 Å². The molecule has 4 aliphatic rings. The predicted molar refractivity (Wildman–Crippen MR) is 79.1 cm³/mol. The topological polar surface area (TPSA) is 65.2 Å². The van der Waals surface area contributed by atoms with Gasteiger partial charge in [-0.05, 0) is 55.3 Å². The molecule has 5 heteroatoms. The maximum absolute atomic E-state index is 11.4. The van der Waals surface area contributed by atoms with Gasteiger partial charge in [-0.15, -0.1) is 10.2 Å². The van der Waals surface area contributed by atoms with Crippen molar-refractivity contribution in [3.63, 3.8) is 0 Å². The molecule has 4 saturated carbocycles. The minimum atomic E-state index is -0.334. The number of hydrogen-bond donors (Lipinski definition) is 0. The number of esters is 1. The van der Waals surface area contributed by atoms with E-state index in [1.807, 2.05) is 0 Å². The summed E-state index contributed by atoms with van der Waals surface area (Å²) in [6, 6.07) is 0. The molecule has 4 fully saturated rings. The Balaban J connectivity index is 1.66. The second-order valence-corrected chi connectivity index (χ2v) is 8.66. The predicted octanol–water partition coefficient (Wildman–Crippen LogP) is 3.03. The number of carbonyl (C=O) groups is 1. The van der Waals surface area contributed by atoms with Gasteiger partial charge in [-0.25, -0.2) is 0 Å². The second-order valence-electron chi connectivity index (χ2n) is 8.66. The third-order valence-corrected chi connectivity index (χ3v) is 6.07. The molecule has 5 rings (SSSR count). The lowest BCUT2D eigenvalue weighted by Gasteiger charge is -2.64. The Bertz CT molecular complexity index is 605. The van der Waals surface area contributed by atoms with Crippen molar-refractivity contribution < 1.29 is 13.9 Å². The molecule has 1 heterocycles. The Morgan fingerprint density at radius 3 is 2.45 bits per heavy atom. The Morgan fingerprint density at radius 2 is 1.86 bits per heavy atom. The summed E-state index contributed by atoms with van der Waals surface area (Å²) in [7, 11) is 1.38. The molecule has 5 nitrogen and oxygen atoms in total. The van der Waals surface area contributed by atoms with E-state index in [1.54, 1.807) is 0 Å². The van der Waals surface area contributed by atoms with E-state index < -0.39 is 0 Å². The molecule has 0 aromatic carbocycles. The summed E-state index contributed by atoms with van der Waals surface area (Å²) in [6.45, 7) is 4.85. The van der Waals surface area contributed by atoms with Gasteiger partial charge in [0.05, 0.1) is 7.11 Å². The van der Waals surface area contributed by atoms with Crippen LogP contribution in [0.2, 0.25) is 0 Å². The fourth-order valence-electron chi connectivity index (χ4n) is 6.42. The van der Waals surface area contributed by atoms with Crippen LogP contribution in [-0.2, 0) is 21.4 Å². The van der Waals surface area contributed by atoms with Crippen molar-refractivity contribution in [2.24, 2.45) is 16.7 Å². The molecule has 22 heavy (non-hydrogen) atoms. The van der Waals surface area contributed by atoms with Gasteiger partial charge in [0.25, 0.3) is 0 Å². The quantitative estimate of drug-likeness (QED) is 0.803. The molecule has 0 N–H and O–H groups in total. The standard InChI is InChI=1S/C17H24N2O3/c1-15-5-11-6-16(2,8-15)10-17(7-11,9-15)14-19-18-12(22-14)4-13(20)21-3/h11H,4-10H2,1-3H3. The molecule has 0 amide bonds. The van der Waals surface area contributed by atoms with Crippen LogP contribution in [0.1, 0.15) is 64.2 Å². The minimum Gasteiger partial charge on any atom is -0.469 e. The lowest BCUT2D eigenvalue weighted by atomic mass is 9.40. The Kier molecular flexibility index (Phi) is 2.80. The normalized spacial score (nSPS) is 42.6. The Morgan fingerprint density at radius 1 is 1.18 bits per heavy atom. The molecule has 0 saturated heterocycles. The fourth-order valence-corrected chi connectivity index (χ4v) is 6.42. The van der Waals surface area contributed by atoms with Gasteiger partial charge in [0.2, 0.25) is 11.8 Å². The minimum absolute atomic E-state index is 0.0320. The van der Waals surface area contributed by atoms with Gasteiger partial charge in [-0.2, -0.15) is 0 Å². The number of ether oxygens (including phenoxy) is 1. The molecule has 2 unspecified atom stereocenters. The third kappa shape index (κ3) is 2.09. The van der Waals surface area contributed by atoms with Crippen LogP contribution in [0, 0.1) is 16.7 Å². The molecule has 1 aromatic rings. The van der Waals surface area contributed by atoms with Gasteiger partial charge in [0.1, 0.15) is 6.42 Å². The average Bonchev–Trinajstić information content (AvgIpc) is 2.83. The summed E-state index contributed by atoms with van der Waals surface area (Å²) in [5.74, 6) is 1.59. The molecular weight excluding hydrogens is 280 g/mol. The summed E-state index contributed by atoms with van der Waals surface area (Å²) in [5.41, 5.74) is 0.848. The summed E-state index contributed by atoms with van der Waals surface area (Å²) < 4.78 is 10.6. The largest absolute Gasteiger partial charge is 0.469 e. The smallest absolute Gasteiger partial charge is 0.315 e. The molecule has 120 valence electrons. The SMILES string of the molecule is COC(=O)Cc1nnc(C23CC4CC(C)(CC(C)(C4)C2)C3)o1. The average molecular weight is 304 g/mol. The van der Waals surface area contributed by atoms with Gasteiger partial charge in [0, 0.05) is 5.41 Å². The van der Waals surface area contributed by atoms with Crippen molar-refractivity contribution >= 4 is 5.97 Å².